The Bertz CT molecular complexity index is 2700. The van der Waals surface area contributed by atoms with Gasteiger partial charge in [0, 0.05) is 25.7 Å². The number of unbranched alkanes of at least 4 members (excludes halogenated alkanes) is 10. The molecule has 0 aliphatic heterocycles. The summed E-state index contributed by atoms with van der Waals surface area (Å²) in [6, 6.07) is 0. The van der Waals surface area contributed by atoms with Crippen LogP contribution < -0.4 is 0 Å². The first kappa shape index (κ1) is 95.9. The predicted octanol–water partition coefficient (Wildman–Crippen LogP) is 21.8. The molecule has 5 atom stereocenters. The van der Waals surface area contributed by atoms with E-state index in [-0.39, 0.29) is 25.7 Å². The minimum atomic E-state index is -5.01. The summed E-state index contributed by atoms with van der Waals surface area (Å²) in [6.07, 6.45) is 88.9. The number of carbonyl (C=O) groups excluding carboxylic acids is 4. The van der Waals surface area contributed by atoms with Gasteiger partial charge in [0.2, 0.25) is 0 Å². The third-order valence-corrected chi connectivity index (χ3v) is 16.4. The summed E-state index contributed by atoms with van der Waals surface area (Å²) in [5.74, 6) is -2.43. The molecule has 102 heavy (non-hydrogen) atoms. The van der Waals surface area contributed by atoms with Gasteiger partial charge in [-0.1, -0.05) is 254 Å². The lowest BCUT2D eigenvalue weighted by Crippen LogP contribution is -2.30. The molecule has 19 heteroatoms. The van der Waals surface area contributed by atoms with E-state index in [0.29, 0.717) is 44.9 Å². The van der Waals surface area contributed by atoms with Crippen LogP contribution in [0.25, 0.3) is 0 Å². The molecule has 0 saturated carbocycles. The van der Waals surface area contributed by atoms with Gasteiger partial charge in [0.15, 0.2) is 12.2 Å². The van der Waals surface area contributed by atoms with Crippen molar-refractivity contribution in [2.45, 2.75) is 264 Å². The Labute approximate surface area is 615 Å². The zero-order chi connectivity index (χ0) is 74.6. The lowest BCUT2D eigenvalue weighted by atomic mass is 10.1. The van der Waals surface area contributed by atoms with Crippen LogP contribution in [0.5, 0.6) is 0 Å². The van der Waals surface area contributed by atoms with Gasteiger partial charge in [0.1, 0.15) is 19.3 Å². The molecule has 0 aromatic carbocycles. The average Bonchev–Trinajstić information content (AvgIpc) is 0.926. The Morgan fingerprint density at radius 2 is 0.539 bits per heavy atom. The number of rotatable bonds is 68. The minimum Gasteiger partial charge on any atom is -0.462 e. The predicted molar refractivity (Wildman–Crippen MR) is 417 cm³/mol. The zero-order valence-electron chi connectivity index (χ0n) is 62.4. The summed E-state index contributed by atoms with van der Waals surface area (Å²) >= 11 is 0. The molecule has 574 valence electrons. The number of aliphatic hydroxyl groups excluding tert-OH is 1. The highest BCUT2D eigenvalue weighted by Crippen LogP contribution is 2.45. The van der Waals surface area contributed by atoms with Gasteiger partial charge in [-0.3, -0.25) is 37.3 Å². The maximum atomic E-state index is 13.1. The molecule has 0 fully saturated rings. The minimum absolute atomic E-state index is 0.0206. The molecule has 0 heterocycles. The van der Waals surface area contributed by atoms with E-state index in [1.807, 2.05) is 36.5 Å². The van der Waals surface area contributed by atoms with E-state index in [4.69, 9.17) is 37.0 Å². The number of phosphoric acid groups is 2. The third-order valence-electron chi connectivity index (χ3n) is 14.5. The van der Waals surface area contributed by atoms with Crippen LogP contribution in [-0.2, 0) is 65.4 Å². The lowest BCUT2D eigenvalue weighted by Gasteiger charge is -2.21. The van der Waals surface area contributed by atoms with Gasteiger partial charge in [-0.2, -0.15) is 0 Å². The number of phosphoric ester groups is 2. The van der Waals surface area contributed by atoms with Crippen molar-refractivity contribution in [3.8, 4) is 0 Å². The Kier molecular flexibility index (Phi) is 68.8. The van der Waals surface area contributed by atoms with Crippen molar-refractivity contribution < 1.29 is 80.2 Å². The first-order chi connectivity index (χ1) is 49.7. The maximum absolute atomic E-state index is 13.1. The molecule has 0 amide bonds. The molecule has 3 N–H and O–H groups in total. The summed E-state index contributed by atoms with van der Waals surface area (Å²) in [5.41, 5.74) is 0. The maximum Gasteiger partial charge on any atom is 0.472 e. The highest BCUT2D eigenvalue weighted by atomic mass is 31.2. The molecule has 0 saturated heterocycles. The van der Waals surface area contributed by atoms with Crippen molar-refractivity contribution in [1.29, 1.82) is 0 Å². The van der Waals surface area contributed by atoms with Crippen LogP contribution in [0.2, 0.25) is 0 Å². The highest BCUT2D eigenvalue weighted by molar-refractivity contribution is 7.47. The van der Waals surface area contributed by atoms with Gasteiger partial charge in [-0.15, -0.1) is 0 Å². The fourth-order valence-corrected chi connectivity index (χ4v) is 10.5. The normalized spacial score (nSPS) is 15.0. The Morgan fingerprint density at radius 3 is 0.902 bits per heavy atom. The van der Waals surface area contributed by atoms with Gasteiger partial charge in [-0.25, -0.2) is 9.13 Å². The molecule has 0 aliphatic rings. The number of esters is 4. The second kappa shape index (κ2) is 73.2. The second-order valence-corrected chi connectivity index (χ2v) is 27.0. The molecular formula is C83H130O17P2. The first-order valence-electron chi connectivity index (χ1n) is 37.7. The Morgan fingerprint density at radius 1 is 0.284 bits per heavy atom. The molecule has 0 rings (SSSR count). The molecule has 0 aromatic rings. The van der Waals surface area contributed by atoms with E-state index in [9.17, 15) is 43.2 Å². The third kappa shape index (κ3) is 72.3. The highest BCUT2D eigenvalue weighted by Gasteiger charge is 2.30. The van der Waals surface area contributed by atoms with Gasteiger partial charge < -0.3 is 33.8 Å². The quantitative estimate of drug-likeness (QED) is 0.0169. The fourth-order valence-electron chi connectivity index (χ4n) is 8.90. The van der Waals surface area contributed by atoms with Crippen molar-refractivity contribution in [3.05, 3.63) is 194 Å². The topological polar surface area (TPSA) is 237 Å². The molecule has 0 spiro atoms. The summed E-state index contributed by atoms with van der Waals surface area (Å²) in [5, 5.41) is 10.6. The van der Waals surface area contributed by atoms with Crippen LogP contribution >= 0.6 is 15.6 Å². The van der Waals surface area contributed by atoms with Crippen molar-refractivity contribution in [1.82, 2.24) is 0 Å². The Balaban J connectivity index is 5.50. The molecular weight excluding hydrogens is 1330 g/mol. The van der Waals surface area contributed by atoms with Crippen LogP contribution in [0.3, 0.4) is 0 Å². The van der Waals surface area contributed by atoms with Crippen LogP contribution in [-0.4, -0.2) is 96.7 Å². The van der Waals surface area contributed by atoms with Gasteiger partial charge in [-0.05, 0) is 161 Å². The van der Waals surface area contributed by atoms with E-state index in [2.05, 4.69) is 186 Å². The summed E-state index contributed by atoms with van der Waals surface area (Å²) in [7, 11) is -10.0. The second-order valence-electron chi connectivity index (χ2n) is 24.1. The number of carbonyl (C=O) groups is 4. The summed E-state index contributed by atoms with van der Waals surface area (Å²) in [6.45, 7) is 4.22. The largest absolute Gasteiger partial charge is 0.472 e. The van der Waals surface area contributed by atoms with Gasteiger partial charge >= 0.3 is 39.5 Å². The van der Waals surface area contributed by atoms with Gasteiger partial charge in [0.05, 0.1) is 26.4 Å². The van der Waals surface area contributed by atoms with Crippen molar-refractivity contribution >= 4 is 39.5 Å². The smallest absolute Gasteiger partial charge is 0.462 e. The molecule has 0 aromatic heterocycles. The summed E-state index contributed by atoms with van der Waals surface area (Å²) < 4.78 is 68.2. The van der Waals surface area contributed by atoms with E-state index in [0.717, 1.165) is 141 Å². The van der Waals surface area contributed by atoms with Crippen LogP contribution in [0.1, 0.15) is 246 Å². The van der Waals surface area contributed by atoms with Crippen molar-refractivity contribution in [2.24, 2.45) is 0 Å². The van der Waals surface area contributed by atoms with Crippen LogP contribution in [0.15, 0.2) is 194 Å². The monoisotopic (exact) mass is 1460 g/mol. The number of allylic oxidation sites excluding steroid dienone is 32. The van der Waals surface area contributed by atoms with E-state index < -0.39 is 97.5 Å². The van der Waals surface area contributed by atoms with E-state index in [1.54, 1.807) is 0 Å². The van der Waals surface area contributed by atoms with Crippen LogP contribution in [0.4, 0.5) is 0 Å². The molecule has 5 unspecified atom stereocenters. The molecule has 0 radical (unpaired) electrons. The van der Waals surface area contributed by atoms with E-state index in [1.165, 1.54) is 6.42 Å². The SMILES string of the molecule is CC/C=C\C/C=C\C/C=C\C/C=C\C/C=C\C/C=C\CCC(=O)OCC(COP(=O)(O)OCC(O)COP(=O)(O)OCC(COC(=O)CCC/C=C\C/C=C\C/C=C\C/C=C\C/C=C\CC)OC(=O)CCCC/C=C\C/C=C\C/C=C\C/C=C\CC)OC(=O)CCCCCCC/C=C\CCCC. The number of aliphatic hydroxyl groups is 1. The number of ether oxygens (including phenoxy) is 4. The molecule has 0 aliphatic carbocycles. The Hall–Kier alpha value is -6.10. The van der Waals surface area contributed by atoms with Crippen LogP contribution in [0, 0.1) is 0 Å². The first-order valence-corrected chi connectivity index (χ1v) is 40.7. The number of hydrogen-bond donors (Lipinski definition) is 3. The summed E-state index contributed by atoms with van der Waals surface area (Å²) in [4.78, 5) is 72.8. The van der Waals surface area contributed by atoms with E-state index >= 15 is 0 Å². The molecule has 0 bridgehead atoms. The fraction of sp³-hybridized carbons (Fsp3) is 0.566. The zero-order valence-corrected chi connectivity index (χ0v) is 64.2. The van der Waals surface area contributed by atoms with Crippen molar-refractivity contribution in [2.75, 3.05) is 39.6 Å². The van der Waals surface area contributed by atoms with Crippen molar-refractivity contribution in [3.63, 3.8) is 0 Å². The number of hydrogen-bond acceptors (Lipinski definition) is 15. The van der Waals surface area contributed by atoms with Gasteiger partial charge in [0.25, 0.3) is 0 Å². The standard InChI is InChI=1S/C83H130O17P2/c1-5-9-13-17-21-25-29-32-35-37-38-40-43-45-49-52-56-60-64-68-80(85)93-73-78(99-82(87)69-65-61-57-53-47-28-24-20-16-12-8-4)75-97-101(89,90)95-71-77(84)72-96-102(91,92)98-76-79(100-83(88)70-66-62-58-54-50-46-41-34-31-27-23-19-15-11-7-3)74-94-81(86)67-63-59-55-51-48-44-42-39-36-33-30-26-22-18-14-10-6-2/h9-11,13-15,20-27,32-36,38,40-42,44-45,49-51,54-56,60,77-79,84H,5-8,12,16-19,28-31,37,39,43,46-48,52-53,57-59,61-76H2,1-4H3,(H,89,90)(H,91,92)/b13-9-,14-10-,15-11-,24-20-,25-21-,26-22-,27-23-,35-32-,36-33-,40-38-,41-34-,44-42-,49-45-,54-50-,55-51-,60-56-. The average molecular weight is 1460 g/mol. The molecule has 17 nitrogen and oxygen atoms in total. The lowest BCUT2D eigenvalue weighted by molar-refractivity contribution is -0.161.